The van der Waals surface area contributed by atoms with Gasteiger partial charge in [0.05, 0.1) is 13.0 Å². The molecule has 0 heterocycles. The number of likely N-dealkylation sites (N-methyl/N-ethyl adjacent to an activating group) is 1. The Labute approximate surface area is 103 Å². The summed E-state index contributed by atoms with van der Waals surface area (Å²) in [5.41, 5.74) is 0. The first kappa shape index (κ1) is 15.7. The highest BCUT2D eigenvalue weighted by Gasteiger charge is 2.22. The predicted molar refractivity (Wildman–Crippen MR) is 58.9 cm³/mol. The third-order valence-corrected chi connectivity index (χ3v) is 1.77. The number of urea groups is 1. The number of rotatable bonds is 7. The lowest BCUT2D eigenvalue weighted by Crippen LogP contribution is -2.49. The van der Waals surface area contributed by atoms with E-state index in [-0.39, 0.29) is 6.54 Å². The first-order valence-corrected chi connectivity index (χ1v) is 5.12. The van der Waals surface area contributed by atoms with Crippen molar-refractivity contribution in [1.29, 1.82) is 0 Å². The van der Waals surface area contributed by atoms with E-state index < -0.39 is 36.3 Å². The van der Waals surface area contributed by atoms with Gasteiger partial charge in [0.2, 0.25) is 5.91 Å². The number of nitrogens with one attached hydrogen (secondary N) is 3. The topological polar surface area (TPSA) is 145 Å². The lowest BCUT2D eigenvalue weighted by molar-refractivity contribution is -0.145. The highest BCUT2D eigenvalue weighted by molar-refractivity contribution is 5.88. The van der Waals surface area contributed by atoms with Crippen molar-refractivity contribution in [3.05, 3.63) is 0 Å². The molecule has 0 spiro atoms. The molecule has 0 fully saturated rings. The molecule has 3 amide bonds. The van der Waals surface area contributed by atoms with Crippen LogP contribution in [0.1, 0.15) is 13.3 Å². The van der Waals surface area contributed by atoms with Crippen LogP contribution in [0.3, 0.4) is 0 Å². The molecule has 0 aromatic carbocycles. The molecular formula is C9H15N3O6. The van der Waals surface area contributed by atoms with Crippen LogP contribution in [-0.4, -0.2) is 53.2 Å². The fourth-order valence-electron chi connectivity index (χ4n) is 1.00. The number of hydrogen-bond acceptors (Lipinski definition) is 4. The minimum Gasteiger partial charge on any atom is -0.481 e. The number of carbonyl (C=O) groups excluding carboxylic acids is 2. The van der Waals surface area contributed by atoms with E-state index in [4.69, 9.17) is 10.2 Å². The Bertz CT molecular complexity index is 343. The van der Waals surface area contributed by atoms with Crippen molar-refractivity contribution in [3.8, 4) is 0 Å². The minimum absolute atomic E-state index is 0.320. The average Bonchev–Trinajstić information content (AvgIpc) is 2.25. The van der Waals surface area contributed by atoms with E-state index in [0.717, 1.165) is 0 Å². The quantitative estimate of drug-likeness (QED) is 0.371. The zero-order valence-electron chi connectivity index (χ0n) is 9.73. The second-order valence-corrected chi connectivity index (χ2v) is 3.27. The van der Waals surface area contributed by atoms with Gasteiger partial charge in [-0.1, -0.05) is 0 Å². The lowest BCUT2D eigenvalue weighted by atomic mass is 10.2. The lowest BCUT2D eigenvalue weighted by Gasteiger charge is -2.13. The fraction of sp³-hybridized carbons (Fsp3) is 0.556. The second kappa shape index (κ2) is 7.87. The summed E-state index contributed by atoms with van der Waals surface area (Å²) in [6, 6.07) is -2.47. The van der Waals surface area contributed by atoms with Gasteiger partial charge in [0, 0.05) is 6.54 Å². The van der Waals surface area contributed by atoms with E-state index in [1.165, 1.54) is 0 Å². The van der Waals surface area contributed by atoms with Gasteiger partial charge in [-0.3, -0.25) is 9.59 Å². The monoisotopic (exact) mass is 261 g/mol. The number of hydrogen-bond donors (Lipinski definition) is 5. The summed E-state index contributed by atoms with van der Waals surface area (Å²) in [4.78, 5) is 43.1. The van der Waals surface area contributed by atoms with Crippen LogP contribution in [0.4, 0.5) is 4.79 Å². The molecule has 9 nitrogen and oxygen atoms in total. The SMILES string of the molecule is CCNC(=O)CNC(=O)N[C@H](CC(=O)O)C(=O)O. The molecule has 102 valence electrons. The summed E-state index contributed by atoms with van der Waals surface area (Å²) < 4.78 is 0. The van der Waals surface area contributed by atoms with Crippen molar-refractivity contribution >= 4 is 23.9 Å². The maximum atomic E-state index is 11.2. The van der Waals surface area contributed by atoms with Crippen molar-refractivity contribution in [2.75, 3.05) is 13.1 Å². The molecule has 0 aliphatic carbocycles. The molecule has 1 atom stereocenters. The van der Waals surface area contributed by atoms with Crippen LogP contribution in [-0.2, 0) is 14.4 Å². The van der Waals surface area contributed by atoms with Gasteiger partial charge < -0.3 is 26.2 Å². The van der Waals surface area contributed by atoms with Gasteiger partial charge in [0.1, 0.15) is 6.04 Å². The molecule has 9 heteroatoms. The molecular weight excluding hydrogens is 246 g/mol. The van der Waals surface area contributed by atoms with Crippen LogP contribution in [0.5, 0.6) is 0 Å². The van der Waals surface area contributed by atoms with Crippen molar-refractivity contribution in [2.24, 2.45) is 0 Å². The zero-order chi connectivity index (χ0) is 14.1. The molecule has 0 aliphatic rings. The second-order valence-electron chi connectivity index (χ2n) is 3.27. The molecule has 0 bridgehead atoms. The fourth-order valence-corrected chi connectivity index (χ4v) is 1.00. The van der Waals surface area contributed by atoms with Gasteiger partial charge in [-0.05, 0) is 6.92 Å². The molecule has 0 radical (unpaired) electrons. The Morgan fingerprint density at radius 2 is 1.72 bits per heavy atom. The number of aliphatic carboxylic acids is 2. The number of carboxylic acids is 2. The Morgan fingerprint density at radius 1 is 1.11 bits per heavy atom. The van der Waals surface area contributed by atoms with Crippen LogP contribution < -0.4 is 16.0 Å². The third kappa shape index (κ3) is 7.04. The Kier molecular flexibility index (Phi) is 6.86. The van der Waals surface area contributed by atoms with E-state index in [1.54, 1.807) is 6.92 Å². The molecule has 0 aliphatic heterocycles. The zero-order valence-corrected chi connectivity index (χ0v) is 9.73. The van der Waals surface area contributed by atoms with Crippen LogP contribution in [0.2, 0.25) is 0 Å². The molecule has 0 unspecified atom stereocenters. The van der Waals surface area contributed by atoms with E-state index in [1.807, 2.05) is 5.32 Å². The third-order valence-electron chi connectivity index (χ3n) is 1.77. The molecule has 0 saturated heterocycles. The summed E-state index contributed by atoms with van der Waals surface area (Å²) in [5, 5.41) is 23.5. The summed E-state index contributed by atoms with van der Waals surface area (Å²) >= 11 is 0. The Hall–Kier alpha value is -2.32. The standard InChI is InChI=1S/C9H15N3O6/c1-2-10-6(13)4-11-9(18)12-5(8(16)17)3-7(14)15/h5H,2-4H2,1H3,(H,10,13)(H,14,15)(H,16,17)(H2,11,12,18)/t5-/m1/s1. The normalized spacial score (nSPS) is 11.2. The number of carboxylic acid groups (broad SMARTS) is 2. The van der Waals surface area contributed by atoms with Crippen molar-refractivity contribution in [3.63, 3.8) is 0 Å². The summed E-state index contributed by atoms with van der Waals surface area (Å²) in [7, 11) is 0. The highest BCUT2D eigenvalue weighted by atomic mass is 16.4. The van der Waals surface area contributed by atoms with Gasteiger partial charge in [0.15, 0.2) is 0 Å². The molecule has 5 N–H and O–H groups in total. The molecule has 0 rings (SSSR count). The predicted octanol–water partition coefficient (Wildman–Crippen LogP) is -1.65. The Balaban J connectivity index is 4.14. The summed E-state index contributed by atoms with van der Waals surface area (Å²) in [6.45, 7) is 1.78. The highest BCUT2D eigenvalue weighted by Crippen LogP contribution is 1.92. The van der Waals surface area contributed by atoms with Gasteiger partial charge >= 0.3 is 18.0 Å². The van der Waals surface area contributed by atoms with Gasteiger partial charge in [-0.25, -0.2) is 9.59 Å². The van der Waals surface area contributed by atoms with Crippen molar-refractivity contribution in [1.82, 2.24) is 16.0 Å². The summed E-state index contributed by atoms with van der Waals surface area (Å²) in [5.74, 6) is -3.25. The van der Waals surface area contributed by atoms with Crippen LogP contribution in [0.15, 0.2) is 0 Å². The largest absolute Gasteiger partial charge is 0.481 e. The van der Waals surface area contributed by atoms with E-state index in [9.17, 15) is 19.2 Å². The van der Waals surface area contributed by atoms with E-state index in [2.05, 4.69) is 10.6 Å². The minimum atomic E-state index is -1.54. The first-order chi connectivity index (χ1) is 8.36. The van der Waals surface area contributed by atoms with Crippen molar-refractivity contribution in [2.45, 2.75) is 19.4 Å². The van der Waals surface area contributed by atoms with Crippen LogP contribution in [0, 0.1) is 0 Å². The smallest absolute Gasteiger partial charge is 0.326 e. The van der Waals surface area contributed by atoms with E-state index in [0.29, 0.717) is 6.54 Å². The molecule has 18 heavy (non-hydrogen) atoms. The van der Waals surface area contributed by atoms with Gasteiger partial charge in [-0.2, -0.15) is 0 Å². The maximum absolute atomic E-state index is 11.2. The van der Waals surface area contributed by atoms with Gasteiger partial charge in [0.25, 0.3) is 0 Å². The molecule has 0 aromatic heterocycles. The van der Waals surface area contributed by atoms with Crippen LogP contribution in [0.25, 0.3) is 0 Å². The van der Waals surface area contributed by atoms with E-state index >= 15 is 0 Å². The van der Waals surface area contributed by atoms with Gasteiger partial charge in [-0.15, -0.1) is 0 Å². The first-order valence-electron chi connectivity index (χ1n) is 5.12. The molecule has 0 saturated carbocycles. The number of carbonyl (C=O) groups is 4. The average molecular weight is 261 g/mol. The Morgan fingerprint density at radius 3 is 2.17 bits per heavy atom. The van der Waals surface area contributed by atoms with Crippen molar-refractivity contribution < 1.29 is 29.4 Å². The number of amides is 3. The molecule has 0 aromatic rings. The maximum Gasteiger partial charge on any atom is 0.326 e. The summed E-state index contributed by atoms with van der Waals surface area (Å²) in [6.07, 6.45) is -0.746. The van der Waals surface area contributed by atoms with Crippen LogP contribution >= 0.6 is 0 Å².